The highest BCUT2D eigenvalue weighted by molar-refractivity contribution is 8.00. The molecule has 0 aliphatic heterocycles. The van der Waals surface area contributed by atoms with Crippen molar-refractivity contribution < 1.29 is 13.9 Å². The van der Waals surface area contributed by atoms with Crippen LogP contribution < -0.4 is 9.64 Å². The van der Waals surface area contributed by atoms with Crippen LogP contribution in [0, 0.1) is 6.92 Å². The Kier molecular flexibility index (Phi) is 5.87. The number of anilines is 1. The third-order valence-corrected chi connectivity index (χ3v) is 6.45. The fourth-order valence-corrected chi connectivity index (χ4v) is 4.55. The van der Waals surface area contributed by atoms with Crippen LogP contribution in [0.4, 0.5) is 5.13 Å². The van der Waals surface area contributed by atoms with Crippen molar-refractivity contribution in [2.45, 2.75) is 18.4 Å². The first kappa shape index (κ1) is 19.5. The van der Waals surface area contributed by atoms with E-state index >= 15 is 0 Å². The van der Waals surface area contributed by atoms with E-state index in [-0.39, 0.29) is 5.91 Å². The number of fused-ring (bicyclic) bond motifs is 1. The first-order chi connectivity index (χ1) is 14.1. The summed E-state index contributed by atoms with van der Waals surface area (Å²) in [5.41, 5.74) is 2.01. The van der Waals surface area contributed by atoms with Crippen LogP contribution in [0.3, 0.4) is 0 Å². The predicted molar refractivity (Wildman–Crippen MR) is 118 cm³/mol. The first-order valence-electron chi connectivity index (χ1n) is 9.09. The molecule has 0 N–H and O–H groups in total. The van der Waals surface area contributed by atoms with Crippen molar-refractivity contribution in [2.75, 3.05) is 17.8 Å². The zero-order valence-corrected chi connectivity index (χ0v) is 17.8. The van der Waals surface area contributed by atoms with E-state index in [0.29, 0.717) is 17.4 Å². The first-order valence-corrected chi connectivity index (χ1v) is 10.9. The summed E-state index contributed by atoms with van der Waals surface area (Å²) < 4.78 is 11.8. The van der Waals surface area contributed by atoms with Gasteiger partial charge in [0.25, 0.3) is 0 Å². The van der Waals surface area contributed by atoms with Crippen molar-refractivity contribution in [3.63, 3.8) is 0 Å². The number of furan rings is 1. The molecule has 0 saturated heterocycles. The molecular formula is C22H20N2O3S2. The number of aromatic nitrogens is 1. The molecule has 0 radical (unpaired) electrons. The largest absolute Gasteiger partial charge is 0.497 e. The summed E-state index contributed by atoms with van der Waals surface area (Å²) in [5, 5.41) is 0.652. The van der Waals surface area contributed by atoms with Gasteiger partial charge >= 0.3 is 0 Å². The molecule has 148 valence electrons. The standard InChI is InChI=1S/C22H20N2O3S2/c1-15-5-8-18(9-6-15)28-14-21(25)24(13-17-4-3-11-27-17)22-23-19-12-16(26-2)7-10-20(19)29-22/h3-12H,13-14H2,1-2H3. The topological polar surface area (TPSA) is 55.6 Å². The number of thiazole rings is 1. The van der Waals surface area contributed by atoms with Crippen molar-refractivity contribution >= 4 is 44.4 Å². The second-order valence-electron chi connectivity index (χ2n) is 6.49. The minimum absolute atomic E-state index is 0.0157. The average molecular weight is 425 g/mol. The zero-order valence-electron chi connectivity index (χ0n) is 16.1. The number of carbonyl (C=O) groups is 1. The van der Waals surface area contributed by atoms with Gasteiger partial charge in [-0.3, -0.25) is 9.69 Å². The molecule has 5 nitrogen and oxygen atoms in total. The van der Waals surface area contributed by atoms with Crippen LogP contribution in [-0.4, -0.2) is 23.8 Å². The number of amides is 1. The molecule has 29 heavy (non-hydrogen) atoms. The molecule has 7 heteroatoms. The Balaban J connectivity index is 1.58. The summed E-state index contributed by atoms with van der Waals surface area (Å²) in [5.74, 6) is 1.77. The van der Waals surface area contributed by atoms with Crippen LogP contribution in [0.2, 0.25) is 0 Å². The van der Waals surface area contributed by atoms with Gasteiger partial charge in [-0.25, -0.2) is 4.98 Å². The Morgan fingerprint density at radius 1 is 1.21 bits per heavy atom. The second kappa shape index (κ2) is 8.71. The number of ether oxygens (including phenoxy) is 1. The number of benzene rings is 2. The minimum atomic E-state index is -0.0157. The smallest absolute Gasteiger partial charge is 0.239 e. The van der Waals surface area contributed by atoms with E-state index in [1.54, 1.807) is 18.3 Å². The monoisotopic (exact) mass is 424 g/mol. The Morgan fingerprint density at radius 2 is 2.03 bits per heavy atom. The van der Waals surface area contributed by atoms with Crippen molar-refractivity contribution in [1.29, 1.82) is 0 Å². The van der Waals surface area contributed by atoms with Gasteiger partial charge in [0, 0.05) is 11.0 Å². The van der Waals surface area contributed by atoms with Gasteiger partial charge in [-0.15, -0.1) is 11.8 Å². The number of nitrogens with zero attached hydrogens (tertiary/aromatic N) is 2. The molecule has 0 bridgehead atoms. The number of rotatable bonds is 7. The third-order valence-electron chi connectivity index (χ3n) is 4.39. The molecule has 0 aliphatic carbocycles. The summed E-state index contributed by atoms with van der Waals surface area (Å²) in [4.78, 5) is 20.6. The van der Waals surface area contributed by atoms with Crippen molar-refractivity contribution in [3.05, 3.63) is 72.2 Å². The van der Waals surface area contributed by atoms with Crippen LogP contribution >= 0.6 is 23.1 Å². The highest BCUT2D eigenvalue weighted by Crippen LogP contribution is 2.32. The Hall–Kier alpha value is -2.77. The molecule has 0 unspecified atom stereocenters. The summed E-state index contributed by atoms with van der Waals surface area (Å²) >= 11 is 3.01. The van der Waals surface area contributed by atoms with Gasteiger partial charge in [-0.2, -0.15) is 0 Å². The summed E-state index contributed by atoms with van der Waals surface area (Å²) in [6, 6.07) is 17.6. The lowest BCUT2D eigenvalue weighted by molar-refractivity contribution is -0.116. The highest BCUT2D eigenvalue weighted by Gasteiger charge is 2.21. The molecule has 0 aliphatic rings. The molecule has 0 spiro atoms. The lowest BCUT2D eigenvalue weighted by atomic mass is 10.2. The van der Waals surface area contributed by atoms with E-state index in [4.69, 9.17) is 9.15 Å². The van der Waals surface area contributed by atoms with Crippen molar-refractivity contribution in [3.8, 4) is 5.75 Å². The summed E-state index contributed by atoms with van der Waals surface area (Å²) in [7, 11) is 1.63. The SMILES string of the molecule is COc1ccc2sc(N(Cc3ccco3)C(=O)CSc3ccc(C)cc3)nc2c1. The van der Waals surface area contributed by atoms with Crippen molar-refractivity contribution in [2.24, 2.45) is 0 Å². The number of carbonyl (C=O) groups excluding carboxylic acids is 1. The lowest BCUT2D eigenvalue weighted by Gasteiger charge is -2.18. The van der Waals surface area contributed by atoms with Gasteiger partial charge in [0.1, 0.15) is 11.5 Å². The van der Waals surface area contributed by atoms with E-state index in [1.165, 1.54) is 28.7 Å². The molecular weight excluding hydrogens is 404 g/mol. The maximum Gasteiger partial charge on any atom is 0.239 e. The average Bonchev–Trinajstić information content (AvgIpc) is 3.40. The summed E-state index contributed by atoms with van der Waals surface area (Å²) in [6.07, 6.45) is 1.61. The maximum atomic E-state index is 13.1. The van der Waals surface area contributed by atoms with Crippen LogP contribution in [0.25, 0.3) is 10.2 Å². The Labute approximate surface area is 177 Å². The number of hydrogen-bond acceptors (Lipinski definition) is 6. The maximum absolute atomic E-state index is 13.1. The number of aryl methyl sites for hydroxylation is 1. The minimum Gasteiger partial charge on any atom is -0.497 e. The Bertz CT molecular complexity index is 1110. The van der Waals surface area contributed by atoms with E-state index in [0.717, 1.165) is 26.6 Å². The predicted octanol–water partition coefficient (Wildman–Crippen LogP) is 5.53. The van der Waals surface area contributed by atoms with Crippen LogP contribution in [-0.2, 0) is 11.3 Å². The van der Waals surface area contributed by atoms with Gasteiger partial charge in [0.05, 0.1) is 35.9 Å². The van der Waals surface area contributed by atoms with Crippen LogP contribution in [0.5, 0.6) is 5.75 Å². The molecule has 0 fully saturated rings. The van der Waals surface area contributed by atoms with Crippen LogP contribution in [0.15, 0.2) is 70.2 Å². The fourth-order valence-electron chi connectivity index (χ4n) is 2.82. The van der Waals surface area contributed by atoms with Gasteiger partial charge < -0.3 is 9.15 Å². The molecule has 4 aromatic rings. The molecule has 1 amide bonds. The van der Waals surface area contributed by atoms with E-state index in [1.807, 2.05) is 61.5 Å². The van der Waals surface area contributed by atoms with E-state index in [2.05, 4.69) is 4.98 Å². The van der Waals surface area contributed by atoms with Gasteiger partial charge in [0.15, 0.2) is 5.13 Å². The molecule has 2 aromatic carbocycles. The lowest BCUT2D eigenvalue weighted by Crippen LogP contribution is -2.31. The molecule has 0 atom stereocenters. The fraction of sp³-hybridized carbons (Fsp3) is 0.182. The highest BCUT2D eigenvalue weighted by atomic mass is 32.2. The Morgan fingerprint density at radius 3 is 2.76 bits per heavy atom. The van der Waals surface area contributed by atoms with Crippen LogP contribution in [0.1, 0.15) is 11.3 Å². The number of methoxy groups -OCH3 is 1. The summed E-state index contributed by atoms with van der Waals surface area (Å²) in [6.45, 7) is 2.39. The second-order valence-corrected chi connectivity index (χ2v) is 8.55. The normalized spacial score (nSPS) is 11.0. The molecule has 2 aromatic heterocycles. The third kappa shape index (κ3) is 4.63. The quantitative estimate of drug-likeness (QED) is 0.365. The van der Waals surface area contributed by atoms with E-state index in [9.17, 15) is 4.79 Å². The van der Waals surface area contributed by atoms with Crippen molar-refractivity contribution in [1.82, 2.24) is 4.98 Å². The number of thioether (sulfide) groups is 1. The molecule has 0 saturated carbocycles. The van der Waals surface area contributed by atoms with Gasteiger partial charge in [-0.05, 0) is 43.3 Å². The zero-order chi connectivity index (χ0) is 20.2. The van der Waals surface area contributed by atoms with Gasteiger partial charge in [0.2, 0.25) is 5.91 Å². The molecule has 2 heterocycles. The number of hydrogen-bond donors (Lipinski definition) is 0. The van der Waals surface area contributed by atoms with Gasteiger partial charge in [-0.1, -0.05) is 29.0 Å². The molecule has 4 rings (SSSR count). The van der Waals surface area contributed by atoms with E-state index < -0.39 is 0 Å².